The molecule has 0 aliphatic heterocycles. The standard InChI is InChI=1S/C13H23N5O/c1-3-8-14-11-16-12(18-13(17-11)19-2)15-9-4-5-10-6-7-10/h10H,3-9H2,1-2H3,(H2,14,15,16,17,18). The van der Waals surface area contributed by atoms with Gasteiger partial charge >= 0.3 is 6.01 Å². The van der Waals surface area contributed by atoms with E-state index >= 15 is 0 Å². The SMILES string of the molecule is CCCNc1nc(NCCCC2CC2)nc(OC)n1. The van der Waals surface area contributed by atoms with Crippen molar-refractivity contribution >= 4 is 11.9 Å². The lowest BCUT2D eigenvalue weighted by atomic mass is 10.2. The fraction of sp³-hybridized carbons (Fsp3) is 0.769. The van der Waals surface area contributed by atoms with Crippen LogP contribution in [0, 0.1) is 5.92 Å². The number of hydrogen-bond acceptors (Lipinski definition) is 6. The quantitative estimate of drug-likeness (QED) is 0.668. The second-order valence-corrected chi connectivity index (χ2v) is 4.91. The van der Waals surface area contributed by atoms with Crippen molar-refractivity contribution in [2.75, 3.05) is 30.8 Å². The molecule has 1 fully saturated rings. The highest BCUT2D eigenvalue weighted by molar-refractivity contribution is 5.35. The first-order chi connectivity index (χ1) is 9.31. The number of ether oxygens (including phenoxy) is 1. The van der Waals surface area contributed by atoms with Crippen molar-refractivity contribution in [1.29, 1.82) is 0 Å². The zero-order chi connectivity index (χ0) is 13.5. The van der Waals surface area contributed by atoms with Crippen LogP contribution in [-0.4, -0.2) is 35.2 Å². The maximum absolute atomic E-state index is 5.09. The summed E-state index contributed by atoms with van der Waals surface area (Å²) in [5, 5.41) is 6.38. The molecule has 1 heterocycles. The van der Waals surface area contributed by atoms with E-state index in [0.717, 1.165) is 31.8 Å². The van der Waals surface area contributed by atoms with Gasteiger partial charge < -0.3 is 15.4 Å². The lowest BCUT2D eigenvalue weighted by Crippen LogP contribution is -2.11. The Kier molecular flexibility index (Phi) is 5.18. The van der Waals surface area contributed by atoms with Gasteiger partial charge in [-0.3, -0.25) is 0 Å². The third kappa shape index (κ3) is 4.89. The van der Waals surface area contributed by atoms with E-state index < -0.39 is 0 Å². The first-order valence-corrected chi connectivity index (χ1v) is 7.09. The van der Waals surface area contributed by atoms with Crippen molar-refractivity contribution < 1.29 is 4.74 Å². The Morgan fingerprint density at radius 3 is 2.37 bits per heavy atom. The van der Waals surface area contributed by atoms with E-state index in [1.165, 1.54) is 19.3 Å². The Labute approximate surface area is 114 Å². The van der Waals surface area contributed by atoms with Gasteiger partial charge in [-0.25, -0.2) is 0 Å². The lowest BCUT2D eigenvalue weighted by molar-refractivity contribution is 0.379. The molecule has 0 atom stereocenters. The van der Waals surface area contributed by atoms with Crippen LogP contribution >= 0.6 is 0 Å². The Balaban J connectivity index is 1.85. The minimum atomic E-state index is 0.346. The second kappa shape index (κ2) is 7.11. The summed E-state index contributed by atoms with van der Waals surface area (Å²) < 4.78 is 5.09. The van der Waals surface area contributed by atoms with E-state index in [9.17, 15) is 0 Å². The molecule has 0 saturated heterocycles. The zero-order valence-corrected chi connectivity index (χ0v) is 11.8. The summed E-state index contributed by atoms with van der Waals surface area (Å²) in [6.07, 6.45) is 6.31. The van der Waals surface area contributed by atoms with Gasteiger partial charge in [0, 0.05) is 13.1 Å². The van der Waals surface area contributed by atoms with Gasteiger partial charge in [0.15, 0.2) is 0 Å². The predicted molar refractivity (Wildman–Crippen MR) is 75.6 cm³/mol. The number of methoxy groups -OCH3 is 1. The molecule has 1 aliphatic rings. The van der Waals surface area contributed by atoms with Gasteiger partial charge in [0.2, 0.25) is 11.9 Å². The van der Waals surface area contributed by atoms with E-state index in [2.05, 4.69) is 32.5 Å². The summed E-state index contributed by atoms with van der Waals surface area (Å²) in [6, 6.07) is 0.346. The van der Waals surface area contributed by atoms with Crippen LogP contribution in [-0.2, 0) is 0 Å². The molecule has 0 unspecified atom stereocenters. The third-order valence-electron chi connectivity index (χ3n) is 3.10. The molecule has 6 heteroatoms. The largest absolute Gasteiger partial charge is 0.467 e. The topological polar surface area (TPSA) is 72.0 Å². The minimum absolute atomic E-state index is 0.346. The van der Waals surface area contributed by atoms with Crippen molar-refractivity contribution in [3.63, 3.8) is 0 Å². The molecule has 1 saturated carbocycles. The van der Waals surface area contributed by atoms with Gasteiger partial charge in [-0.2, -0.15) is 15.0 Å². The van der Waals surface area contributed by atoms with Gasteiger partial charge in [-0.05, 0) is 25.2 Å². The normalized spacial score (nSPS) is 14.2. The van der Waals surface area contributed by atoms with Gasteiger partial charge in [0.05, 0.1) is 7.11 Å². The van der Waals surface area contributed by atoms with Gasteiger partial charge in [-0.15, -0.1) is 0 Å². The number of nitrogens with one attached hydrogen (secondary N) is 2. The van der Waals surface area contributed by atoms with Crippen LogP contribution in [0.25, 0.3) is 0 Å². The fourth-order valence-electron chi connectivity index (χ4n) is 1.84. The first kappa shape index (κ1) is 13.8. The molecule has 0 aromatic carbocycles. The van der Waals surface area contributed by atoms with E-state index in [0.29, 0.717) is 17.9 Å². The van der Waals surface area contributed by atoms with Crippen LogP contribution in [0.15, 0.2) is 0 Å². The van der Waals surface area contributed by atoms with Crippen LogP contribution < -0.4 is 15.4 Å². The highest BCUT2D eigenvalue weighted by atomic mass is 16.5. The van der Waals surface area contributed by atoms with Crippen LogP contribution in [0.4, 0.5) is 11.9 Å². The van der Waals surface area contributed by atoms with Crippen molar-refractivity contribution in [3.8, 4) is 6.01 Å². The smallest absolute Gasteiger partial charge is 0.322 e. The summed E-state index contributed by atoms with van der Waals surface area (Å²) in [6.45, 7) is 3.84. The molecule has 2 rings (SSSR count). The number of rotatable bonds is 9. The molecule has 0 radical (unpaired) electrons. The Bertz CT molecular complexity index is 395. The highest BCUT2D eigenvalue weighted by Gasteiger charge is 2.20. The van der Waals surface area contributed by atoms with Gasteiger partial charge in [0.1, 0.15) is 0 Å². The summed E-state index contributed by atoms with van der Waals surface area (Å²) in [5.74, 6) is 2.12. The summed E-state index contributed by atoms with van der Waals surface area (Å²) in [7, 11) is 1.57. The summed E-state index contributed by atoms with van der Waals surface area (Å²) in [4.78, 5) is 12.7. The second-order valence-electron chi connectivity index (χ2n) is 4.91. The molecule has 19 heavy (non-hydrogen) atoms. The van der Waals surface area contributed by atoms with E-state index in [1.54, 1.807) is 7.11 Å². The molecular weight excluding hydrogens is 242 g/mol. The average Bonchev–Trinajstić information content (AvgIpc) is 3.25. The van der Waals surface area contributed by atoms with Crippen molar-refractivity contribution in [2.24, 2.45) is 5.92 Å². The molecule has 106 valence electrons. The molecule has 0 amide bonds. The van der Waals surface area contributed by atoms with Gasteiger partial charge in [-0.1, -0.05) is 19.8 Å². The van der Waals surface area contributed by atoms with Crippen LogP contribution in [0.1, 0.15) is 39.0 Å². The molecule has 1 aliphatic carbocycles. The fourth-order valence-corrected chi connectivity index (χ4v) is 1.84. The van der Waals surface area contributed by atoms with Crippen LogP contribution in [0.5, 0.6) is 6.01 Å². The van der Waals surface area contributed by atoms with Crippen LogP contribution in [0.3, 0.4) is 0 Å². The molecule has 2 N–H and O–H groups in total. The average molecular weight is 265 g/mol. The highest BCUT2D eigenvalue weighted by Crippen LogP contribution is 2.33. The molecule has 0 spiro atoms. The number of aromatic nitrogens is 3. The lowest BCUT2D eigenvalue weighted by Gasteiger charge is -2.08. The van der Waals surface area contributed by atoms with Crippen LogP contribution in [0.2, 0.25) is 0 Å². The maximum atomic E-state index is 5.09. The molecular formula is C13H23N5O. The van der Waals surface area contributed by atoms with Crippen molar-refractivity contribution in [3.05, 3.63) is 0 Å². The zero-order valence-electron chi connectivity index (χ0n) is 11.8. The predicted octanol–water partition coefficient (Wildman–Crippen LogP) is 2.30. The number of anilines is 2. The Morgan fingerprint density at radius 2 is 1.79 bits per heavy atom. The summed E-state index contributed by atoms with van der Waals surface area (Å²) >= 11 is 0. The summed E-state index contributed by atoms with van der Waals surface area (Å²) in [5.41, 5.74) is 0. The number of hydrogen-bond donors (Lipinski definition) is 2. The first-order valence-electron chi connectivity index (χ1n) is 7.09. The Morgan fingerprint density at radius 1 is 1.11 bits per heavy atom. The Hall–Kier alpha value is -1.59. The van der Waals surface area contributed by atoms with Crippen molar-refractivity contribution in [2.45, 2.75) is 39.0 Å². The minimum Gasteiger partial charge on any atom is -0.467 e. The molecule has 1 aromatic heterocycles. The molecule has 0 bridgehead atoms. The van der Waals surface area contributed by atoms with E-state index in [4.69, 9.17) is 4.74 Å². The third-order valence-corrected chi connectivity index (χ3v) is 3.10. The maximum Gasteiger partial charge on any atom is 0.322 e. The number of nitrogens with zero attached hydrogens (tertiary/aromatic N) is 3. The van der Waals surface area contributed by atoms with Gasteiger partial charge in [0.25, 0.3) is 0 Å². The van der Waals surface area contributed by atoms with E-state index in [-0.39, 0.29) is 0 Å². The van der Waals surface area contributed by atoms with Crippen molar-refractivity contribution in [1.82, 2.24) is 15.0 Å². The molecule has 6 nitrogen and oxygen atoms in total. The molecule has 1 aromatic rings. The van der Waals surface area contributed by atoms with E-state index in [1.807, 2.05) is 0 Å². The monoisotopic (exact) mass is 265 g/mol.